The lowest BCUT2D eigenvalue weighted by atomic mass is 10.2. The highest BCUT2D eigenvalue weighted by Gasteiger charge is 2.15. The van der Waals surface area contributed by atoms with E-state index in [1.54, 1.807) is 26.1 Å². The third kappa shape index (κ3) is 3.46. The maximum Gasteiger partial charge on any atom is 0.321 e. The minimum atomic E-state index is -0.267. The molecule has 2 amide bonds. The number of aryl methyl sites for hydroxylation is 2. The van der Waals surface area contributed by atoms with E-state index in [9.17, 15) is 4.79 Å². The standard InChI is InChI=1S/C16H21N3O3/c1-10(9-20)19(4)16(21)18-14-7-5-13(6-8-14)15-17-11(2)12(3)22-15/h5-8,10,20H,9H2,1-4H3,(H,18,21). The van der Waals surface area contributed by atoms with Crippen molar-refractivity contribution in [2.45, 2.75) is 26.8 Å². The van der Waals surface area contributed by atoms with Crippen LogP contribution in [0.2, 0.25) is 0 Å². The first-order valence-corrected chi connectivity index (χ1v) is 7.11. The average Bonchev–Trinajstić information content (AvgIpc) is 2.85. The van der Waals surface area contributed by atoms with Gasteiger partial charge in [-0.05, 0) is 45.0 Å². The number of amides is 2. The summed E-state index contributed by atoms with van der Waals surface area (Å²) in [7, 11) is 1.64. The van der Waals surface area contributed by atoms with Gasteiger partial charge in [-0.1, -0.05) is 0 Å². The minimum absolute atomic E-state index is 0.0777. The first kappa shape index (κ1) is 16.0. The Kier molecular flexibility index (Phi) is 4.82. The second kappa shape index (κ2) is 6.62. The van der Waals surface area contributed by atoms with Crippen molar-refractivity contribution in [3.8, 4) is 11.5 Å². The number of urea groups is 1. The van der Waals surface area contributed by atoms with E-state index in [2.05, 4.69) is 10.3 Å². The quantitative estimate of drug-likeness (QED) is 0.910. The van der Waals surface area contributed by atoms with Gasteiger partial charge in [-0.3, -0.25) is 0 Å². The lowest BCUT2D eigenvalue weighted by Gasteiger charge is -2.23. The molecule has 0 aliphatic rings. The van der Waals surface area contributed by atoms with Crippen LogP contribution < -0.4 is 5.32 Å². The molecule has 1 aromatic carbocycles. The number of anilines is 1. The van der Waals surface area contributed by atoms with Crippen LogP contribution in [0.3, 0.4) is 0 Å². The third-order valence-corrected chi connectivity index (χ3v) is 3.66. The van der Waals surface area contributed by atoms with Crippen LogP contribution in [0.15, 0.2) is 28.7 Å². The van der Waals surface area contributed by atoms with Gasteiger partial charge in [-0.25, -0.2) is 9.78 Å². The van der Waals surface area contributed by atoms with Crippen LogP contribution in [0.5, 0.6) is 0 Å². The molecule has 0 saturated heterocycles. The molecule has 0 aliphatic heterocycles. The number of aliphatic hydroxyl groups is 1. The lowest BCUT2D eigenvalue weighted by molar-refractivity contribution is 0.166. The minimum Gasteiger partial charge on any atom is -0.441 e. The molecule has 1 aromatic heterocycles. The Morgan fingerprint density at radius 2 is 2.00 bits per heavy atom. The van der Waals surface area contributed by atoms with Crippen molar-refractivity contribution in [1.82, 2.24) is 9.88 Å². The normalized spacial score (nSPS) is 12.0. The van der Waals surface area contributed by atoms with Crippen LogP contribution in [-0.2, 0) is 0 Å². The Labute approximate surface area is 129 Å². The molecule has 0 bridgehead atoms. The van der Waals surface area contributed by atoms with Gasteiger partial charge < -0.3 is 19.7 Å². The number of rotatable bonds is 4. The van der Waals surface area contributed by atoms with Crippen LogP contribution in [0.25, 0.3) is 11.5 Å². The first-order chi connectivity index (χ1) is 10.4. The molecular weight excluding hydrogens is 282 g/mol. The number of nitrogens with zero attached hydrogens (tertiary/aromatic N) is 2. The SMILES string of the molecule is Cc1nc(-c2ccc(NC(=O)N(C)C(C)CO)cc2)oc1C. The smallest absolute Gasteiger partial charge is 0.321 e. The molecule has 2 rings (SSSR count). The number of carbonyl (C=O) groups is 1. The third-order valence-electron chi connectivity index (χ3n) is 3.66. The number of benzene rings is 1. The van der Waals surface area contributed by atoms with E-state index >= 15 is 0 Å². The van der Waals surface area contributed by atoms with Crippen molar-refractivity contribution in [3.63, 3.8) is 0 Å². The Morgan fingerprint density at radius 3 is 2.50 bits per heavy atom. The number of hydrogen-bond acceptors (Lipinski definition) is 4. The summed E-state index contributed by atoms with van der Waals surface area (Å²) in [5, 5.41) is 11.8. The summed E-state index contributed by atoms with van der Waals surface area (Å²) in [5.41, 5.74) is 2.39. The summed E-state index contributed by atoms with van der Waals surface area (Å²) < 4.78 is 5.57. The average molecular weight is 303 g/mol. The molecule has 0 fully saturated rings. The van der Waals surface area contributed by atoms with E-state index in [4.69, 9.17) is 9.52 Å². The van der Waals surface area contributed by atoms with E-state index < -0.39 is 0 Å². The van der Waals surface area contributed by atoms with Crippen molar-refractivity contribution in [2.75, 3.05) is 19.0 Å². The molecule has 2 N–H and O–H groups in total. The van der Waals surface area contributed by atoms with Gasteiger partial charge in [0, 0.05) is 18.3 Å². The van der Waals surface area contributed by atoms with Crippen molar-refractivity contribution in [1.29, 1.82) is 0 Å². The number of oxazole rings is 1. The van der Waals surface area contributed by atoms with Crippen molar-refractivity contribution >= 4 is 11.7 Å². The van der Waals surface area contributed by atoms with Crippen LogP contribution in [0, 0.1) is 13.8 Å². The Bertz CT molecular complexity index is 630. The van der Waals surface area contributed by atoms with E-state index in [-0.39, 0.29) is 18.7 Å². The van der Waals surface area contributed by atoms with Crippen LogP contribution in [-0.4, -0.2) is 40.7 Å². The number of hydrogen-bond donors (Lipinski definition) is 2. The summed E-state index contributed by atoms with van der Waals surface area (Å²) in [6, 6.07) is 6.76. The molecule has 6 nitrogen and oxygen atoms in total. The number of aliphatic hydroxyl groups excluding tert-OH is 1. The van der Waals surface area contributed by atoms with Gasteiger partial charge in [-0.2, -0.15) is 0 Å². The molecule has 1 unspecified atom stereocenters. The topological polar surface area (TPSA) is 78.6 Å². The predicted molar refractivity (Wildman–Crippen MR) is 84.7 cm³/mol. The van der Waals surface area contributed by atoms with Gasteiger partial charge in [0.15, 0.2) is 0 Å². The molecule has 0 spiro atoms. The van der Waals surface area contributed by atoms with Crippen LogP contribution >= 0.6 is 0 Å². The highest BCUT2D eigenvalue weighted by atomic mass is 16.4. The predicted octanol–water partition coefficient (Wildman–Crippen LogP) is 2.80. The maximum absolute atomic E-state index is 12.0. The zero-order valence-electron chi connectivity index (χ0n) is 13.3. The Morgan fingerprint density at radius 1 is 1.36 bits per heavy atom. The Balaban J connectivity index is 2.07. The molecule has 22 heavy (non-hydrogen) atoms. The molecule has 2 aromatic rings. The van der Waals surface area contributed by atoms with Gasteiger partial charge in [0.05, 0.1) is 18.3 Å². The molecule has 1 atom stereocenters. The van der Waals surface area contributed by atoms with Crippen LogP contribution in [0.1, 0.15) is 18.4 Å². The summed E-state index contributed by atoms with van der Waals surface area (Å²) in [5.74, 6) is 1.37. The highest BCUT2D eigenvalue weighted by molar-refractivity contribution is 5.89. The van der Waals surface area contributed by atoms with Crippen molar-refractivity contribution < 1.29 is 14.3 Å². The van der Waals surface area contributed by atoms with Gasteiger partial charge in [0.2, 0.25) is 5.89 Å². The fourth-order valence-electron chi connectivity index (χ4n) is 1.83. The number of aromatic nitrogens is 1. The summed E-state index contributed by atoms with van der Waals surface area (Å²) >= 11 is 0. The molecule has 118 valence electrons. The fraction of sp³-hybridized carbons (Fsp3) is 0.375. The van der Waals surface area contributed by atoms with Crippen LogP contribution in [0.4, 0.5) is 10.5 Å². The zero-order valence-corrected chi connectivity index (χ0v) is 13.3. The van der Waals surface area contributed by atoms with E-state index in [0.717, 1.165) is 17.0 Å². The molecule has 6 heteroatoms. The van der Waals surface area contributed by atoms with Crippen molar-refractivity contribution in [2.24, 2.45) is 0 Å². The first-order valence-electron chi connectivity index (χ1n) is 7.11. The summed E-state index contributed by atoms with van der Waals surface area (Å²) in [4.78, 5) is 17.8. The highest BCUT2D eigenvalue weighted by Crippen LogP contribution is 2.23. The monoisotopic (exact) mass is 303 g/mol. The van der Waals surface area contributed by atoms with Crippen molar-refractivity contribution in [3.05, 3.63) is 35.7 Å². The molecule has 1 heterocycles. The zero-order chi connectivity index (χ0) is 16.3. The van der Waals surface area contributed by atoms with E-state index in [1.165, 1.54) is 4.90 Å². The van der Waals surface area contributed by atoms with E-state index in [1.807, 2.05) is 26.0 Å². The Hall–Kier alpha value is -2.34. The molecular formula is C16H21N3O3. The molecule has 0 aliphatic carbocycles. The second-order valence-corrected chi connectivity index (χ2v) is 5.31. The van der Waals surface area contributed by atoms with Gasteiger partial charge >= 0.3 is 6.03 Å². The second-order valence-electron chi connectivity index (χ2n) is 5.31. The lowest BCUT2D eigenvalue weighted by Crippen LogP contribution is -2.40. The van der Waals surface area contributed by atoms with E-state index in [0.29, 0.717) is 11.6 Å². The number of likely N-dealkylation sites (N-methyl/N-ethyl adjacent to an activating group) is 1. The number of carbonyl (C=O) groups excluding carboxylic acids is 1. The fourth-order valence-corrected chi connectivity index (χ4v) is 1.83. The van der Waals surface area contributed by atoms with Gasteiger partial charge in [0.1, 0.15) is 5.76 Å². The largest absolute Gasteiger partial charge is 0.441 e. The van der Waals surface area contributed by atoms with Gasteiger partial charge in [-0.15, -0.1) is 0 Å². The molecule has 0 saturated carbocycles. The number of nitrogens with one attached hydrogen (secondary N) is 1. The van der Waals surface area contributed by atoms with Gasteiger partial charge in [0.25, 0.3) is 0 Å². The summed E-state index contributed by atoms with van der Waals surface area (Å²) in [6.07, 6.45) is 0. The summed E-state index contributed by atoms with van der Waals surface area (Å²) in [6.45, 7) is 5.47. The maximum atomic E-state index is 12.0. The molecule has 0 radical (unpaired) electrons.